The number of hydrogen-bond acceptors (Lipinski definition) is 4. The van der Waals surface area contributed by atoms with E-state index in [0.29, 0.717) is 13.0 Å². The van der Waals surface area contributed by atoms with Crippen molar-refractivity contribution in [1.29, 1.82) is 0 Å². The van der Waals surface area contributed by atoms with Crippen molar-refractivity contribution in [3.63, 3.8) is 0 Å². The van der Waals surface area contributed by atoms with Gasteiger partial charge in [0.15, 0.2) is 0 Å². The van der Waals surface area contributed by atoms with Gasteiger partial charge in [-0.2, -0.15) is 0 Å². The van der Waals surface area contributed by atoms with Crippen molar-refractivity contribution in [2.75, 3.05) is 39.3 Å². The molecular weight excluding hydrogens is 264 g/mol. The van der Waals surface area contributed by atoms with Crippen molar-refractivity contribution in [3.8, 4) is 0 Å². The molecule has 0 rings (SSSR count). The van der Waals surface area contributed by atoms with Gasteiger partial charge in [-0.15, -0.1) is 0 Å². The molecular formula is C16H36N4O. The Bertz CT molecular complexity index is 267. The summed E-state index contributed by atoms with van der Waals surface area (Å²) in [6, 6.07) is 0.333. The fraction of sp³-hybridized carbons (Fsp3) is 0.938. The van der Waals surface area contributed by atoms with Gasteiger partial charge in [0.25, 0.3) is 0 Å². The lowest BCUT2D eigenvalue weighted by Gasteiger charge is -2.30. The molecule has 0 aromatic carbocycles. The average Bonchev–Trinajstić information content (AvgIpc) is 2.45. The summed E-state index contributed by atoms with van der Waals surface area (Å²) < 4.78 is 0. The number of nitrogens with zero attached hydrogens (tertiary/aromatic N) is 2. The van der Waals surface area contributed by atoms with E-state index in [0.717, 1.165) is 39.1 Å². The average molecular weight is 300 g/mol. The van der Waals surface area contributed by atoms with Crippen molar-refractivity contribution < 1.29 is 4.79 Å². The van der Waals surface area contributed by atoms with Gasteiger partial charge in [0, 0.05) is 25.0 Å². The fourth-order valence-electron chi connectivity index (χ4n) is 2.59. The second kappa shape index (κ2) is 12.0. The van der Waals surface area contributed by atoms with Crippen LogP contribution in [0.25, 0.3) is 0 Å². The minimum absolute atomic E-state index is 0.0997. The Hall–Kier alpha value is -0.650. The lowest BCUT2D eigenvalue weighted by Crippen LogP contribution is -2.45. The zero-order chi connectivity index (χ0) is 16.3. The summed E-state index contributed by atoms with van der Waals surface area (Å²) in [5.41, 5.74) is 5.88. The lowest BCUT2D eigenvalue weighted by atomic mass is 10.1. The van der Waals surface area contributed by atoms with Gasteiger partial charge < -0.3 is 16.0 Å². The van der Waals surface area contributed by atoms with Gasteiger partial charge in [-0.1, -0.05) is 20.8 Å². The summed E-state index contributed by atoms with van der Waals surface area (Å²) in [5.74, 6) is 0.0997. The highest BCUT2D eigenvalue weighted by molar-refractivity contribution is 5.76. The third-order valence-corrected chi connectivity index (χ3v) is 3.88. The highest BCUT2D eigenvalue weighted by Crippen LogP contribution is 2.05. The van der Waals surface area contributed by atoms with Gasteiger partial charge in [-0.25, -0.2) is 0 Å². The van der Waals surface area contributed by atoms with Crippen LogP contribution >= 0.6 is 0 Å². The Kier molecular flexibility index (Phi) is 11.6. The molecule has 1 amide bonds. The minimum Gasteiger partial charge on any atom is -0.354 e. The second-order valence-corrected chi connectivity index (χ2v) is 5.82. The third kappa shape index (κ3) is 9.06. The summed E-state index contributed by atoms with van der Waals surface area (Å²) in [5, 5.41) is 2.95. The summed E-state index contributed by atoms with van der Waals surface area (Å²) in [4.78, 5) is 16.7. The van der Waals surface area contributed by atoms with Crippen molar-refractivity contribution in [1.82, 2.24) is 15.1 Å². The van der Waals surface area contributed by atoms with E-state index in [1.807, 2.05) is 13.8 Å². The van der Waals surface area contributed by atoms with Crippen molar-refractivity contribution >= 4 is 5.91 Å². The number of hydrogen-bond donors (Lipinski definition) is 2. The molecule has 0 spiro atoms. The Labute approximate surface area is 131 Å². The van der Waals surface area contributed by atoms with Crippen LogP contribution in [0.5, 0.6) is 0 Å². The van der Waals surface area contributed by atoms with Crippen LogP contribution in [0.3, 0.4) is 0 Å². The molecule has 0 saturated heterocycles. The Morgan fingerprint density at radius 2 is 1.71 bits per heavy atom. The van der Waals surface area contributed by atoms with Crippen LogP contribution in [0, 0.1) is 0 Å². The van der Waals surface area contributed by atoms with Gasteiger partial charge in [0.05, 0.1) is 0 Å². The first-order valence-electron chi connectivity index (χ1n) is 8.44. The molecule has 5 nitrogen and oxygen atoms in total. The molecule has 0 bridgehead atoms. The van der Waals surface area contributed by atoms with Crippen LogP contribution in [-0.4, -0.2) is 67.1 Å². The number of carbonyl (C=O) groups is 1. The molecule has 0 aliphatic rings. The van der Waals surface area contributed by atoms with Gasteiger partial charge in [-0.05, 0) is 53.0 Å². The van der Waals surface area contributed by atoms with E-state index in [4.69, 9.17) is 5.73 Å². The van der Waals surface area contributed by atoms with E-state index in [9.17, 15) is 4.79 Å². The number of nitrogens with two attached hydrogens (primary N) is 1. The van der Waals surface area contributed by atoms with E-state index in [2.05, 4.69) is 35.9 Å². The first kappa shape index (κ1) is 20.3. The van der Waals surface area contributed by atoms with Gasteiger partial charge in [-0.3, -0.25) is 9.69 Å². The number of carbonyl (C=O) groups excluding carboxylic acids is 1. The first-order chi connectivity index (χ1) is 9.98. The molecule has 1 atom stereocenters. The summed E-state index contributed by atoms with van der Waals surface area (Å²) >= 11 is 0. The first-order valence-corrected chi connectivity index (χ1v) is 8.44. The molecule has 0 fully saturated rings. The smallest absolute Gasteiger partial charge is 0.221 e. The molecule has 0 aromatic rings. The molecule has 0 saturated carbocycles. The molecule has 0 aromatic heterocycles. The maximum absolute atomic E-state index is 11.9. The molecule has 0 aliphatic heterocycles. The molecule has 5 heteroatoms. The van der Waals surface area contributed by atoms with Crippen LogP contribution in [0.1, 0.15) is 47.5 Å². The number of likely N-dealkylation sites (N-methyl/N-ethyl adjacent to an activating group) is 1. The van der Waals surface area contributed by atoms with E-state index < -0.39 is 0 Å². The van der Waals surface area contributed by atoms with Crippen LogP contribution < -0.4 is 11.1 Å². The largest absolute Gasteiger partial charge is 0.354 e. The van der Waals surface area contributed by atoms with E-state index in [1.54, 1.807) is 0 Å². The molecule has 0 aliphatic carbocycles. The standard InChI is InChI=1S/C16H36N4O/c1-6-19(7-2)10-9-11-20(8-3)15(13-17)12-16(21)18-14(4)5/h14-15H,6-13,17H2,1-5H3,(H,18,21). The molecule has 0 heterocycles. The topological polar surface area (TPSA) is 61.6 Å². The Morgan fingerprint density at radius 3 is 2.14 bits per heavy atom. The predicted molar refractivity (Wildman–Crippen MR) is 90.4 cm³/mol. The van der Waals surface area contributed by atoms with E-state index in [-0.39, 0.29) is 18.0 Å². The lowest BCUT2D eigenvalue weighted by molar-refractivity contribution is -0.122. The SMILES string of the molecule is CCN(CC)CCCN(CC)C(CN)CC(=O)NC(C)C. The molecule has 21 heavy (non-hydrogen) atoms. The van der Waals surface area contributed by atoms with Crippen molar-refractivity contribution in [2.24, 2.45) is 5.73 Å². The fourth-order valence-corrected chi connectivity index (χ4v) is 2.59. The second-order valence-electron chi connectivity index (χ2n) is 5.82. The van der Waals surface area contributed by atoms with Gasteiger partial charge in [0.1, 0.15) is 0 Å². The van der Waals surface area contributed by atoms with E-state index >= 15 is 0 Å². The zero-order valence-electron chi connectivity index (χ0n) is 14.7. The summed E-state index contributed by atoms with van der Waals surface area (Å²) in [6.45, 7) is 16.3. The maximum Gasteiger partial charge on any atom is 0.221 e. The quantitative estimate of drug-likeness (QED) is 0.570. The van der Waals surface area contributed by atoms with Crippen LogP contribution in [0.4, 0.5) is 0 Å². The minimum atomic E-state index is 0.0997. The van der Waals surface area contributed by atoms with Gasteiger partial charge in [0.2, 0.25) is 5.91 Å². The van der Waals surface area contributed by atoms with E-state index in [1.165, 1.54) is 0 Å². The van der Waals surface area contributed by atoms with Crippen molar-refractivity contribution in [2.45, 2.75) is 59.5 Å². The third-order valence-electron chi connectivity index (χ3n) is 3.88. The number of nitrogens with one attached hydrogen (secondary N) is 1. The van der Waals surface area contributed by atoms with Crippen molar-refractivity contribution in [3.05, 3.63) is 0 Å². The summed E-state index contributed by atoms with van der Waals surface area (Å²) in [6.07, 6.45) is 1.62. The van der Waals surface area contributed by atoms with Crippen LogP contribution in [0.15, 0.2) is 0 Å². The monoisotopic (exact) mass is 300 g/mol. The highest BCUT2D eigenvalue weighted by Gasteiger charge is 2.19. The number of rotatable bonds is 12. The normalized spacial score (nSPS) is 13.2. The van der Waals surface area contributed by atoms with Crippen LogP contribution in [-0.2, 0) is 4.79 Å². The van der Waals surface area contributed by atoms with Crippen LogP contribution in [0.2, 0.25) is 0 Å². The Balaban J connectivity index is 4.28. The molecule has 126 valence electrons. The molecule has 1 unspecified atom stereocenters. The maximum atomic E-state index is 11.9. The summed E-state index contributed by atoms with van der Waals surface area (Å²) in [7, 11) is 0. The molecule has 0 radical (unpaired) electrons. The predicted octanol–water partition coefficient (Wildman–Crippen LogP) is 1.28. The number of amides is 1. The zero-order valence-corrected chi connectivity index (χ0v) is 14.7. The molecule has 3 N–H and O–H groups in total. The highest BCUT2D eigenvalue weighted by atomic mass is 16.1. The van der Waals surface area contributed by atoms with Gasteiger partial charge >= 0.3 is 0 Å². The Morgan fingerprint density at radius 1 is 1.10 bits per heavy atom.